The molecule has 0 amide bonds. The number of nitrogens with zero attached hydrogens (tertiary/aromatic N) is 3. The molecule has 0 atom stereocenters. The molecule has 0 bridgehead atoms. The van der Waals surface area contributed by atoms with Crippen LogP contribution in [0.1, 0.15) is 28.1 Å². The van der Waals surface area contributed by atoms with Gasteiger partial charge in [-0.05, 0) is 93.4 Å². The zero-order chi connectivity index (χ0) is 23.1. The van der Waals surface area contributed by atoms with Crippen LogP contribution in [-0.2, 0) is 6.42 Å². The van der Waals surface area contributed by atoms with Crippen LogP contribution in [-0.4, -0.2) is 27.6 Å². The molecular formula is C24H27ClN6S. The van der Waals surface area contributed by atoms with Crippen molar-refractivity contribution in [2.45, 2.75) is 34.1 Å². The van der Waals surface area contributed by atoms with Gasteiger partial charge in [-0.25, -0.2) is 9.97 Å². The first-order chi connectivity index (χ1) is 15.3. The number of guanidine groups is 1. The second-order valence-corrected chi connectivity index (χ2v) is 8.43. The zero-order valence-electron chi connectivity index (χ0n) is 18.7. The van der Waals surface area contributed by atoms with Gasteiger partial charge in [0.2, 0.25) is 11.9 Å². The summed E-state index contributed by atoms with van der Waals surface area (Å²) in [4.78, 5) is 13.5. The van der Waals surface area contributed by atoms with E-state index in [2.05, 4.69) is 56.9 Å². The number of thiocarbonyl (C=S) groups is 1. The van der Waals surface area contributed by atoms with Crippen molar-refractivity contribution < 1.29 is 0 Å². The van der Waals surface area contributed by atoms with Crippen LogP contribution in [0, 0.1) is 27.7 Å². The SMILES string of the molecule is Cc1cc(C)nc(NC(=NCCc2ccc(Cl)cc2)NC(=S)Nc2ccc(C)c(C)c2)n1. The molecule has 166 valence electrons. The summed E-state index contributed by atoms with van der Waals surface area (Å²) in [5.74, 6) is 0.944. The van der Waals surface area contributed by atoms with Crippen molar-refractivity contribution >= 4 is 46.5 Å². The van der Waals surface area contributed by atoms with Crippen LogP contribution in [0.3, 0.4) is 0 Å². The lowest BCUT2D eigenvalue weighted by Gasteiger charge is -2.15. The Morgan fingerprint density at radius 1 is 0.906 bits per heavy atom. The number of aliphatic imine (C=N–C) groups is 1. The number of aromatic nitrogens is 2. The topological polar surface area (TPSA) is 74.2 Å². The van der Waals surface area contributed by atoms with Gasteiger partial charge in [0.05, 0.1) is 0 Å². The minimum Gasteiger partial charge on any atom is -0.332 e. The summed E-state index contributed by atoms with van der Waals surface area (Å²) in [6.45, 7) is 8.55. The highest BCUT2D eigenvalue weighted by Gasteiger charge is 2.08. The van der Waals surface area contributed by atoms with E-state index in [1.165, 1.54) is 11.1 Å². The molecule has 2 aromatic carbocycles. The third-order valence-corrected chi connectivity index (χ3v) is 5.25. The standard InChI is InChI=1S/C24H27ClN6S/c1-15-5-10-21(13-16(15)2)29-24(32)31-22(30-23-27-17(3)14-18(4)28-23)26-12-11-19-6-8-20(25)9-7-19/h5-10,13-14H,11-12H2,1-4H3,(H3,26,27,28,29,30,31,32). The third kappa shape index (κ3) is 7.28. The number of rotatable bonds is 5. The van der Waals surface area contributed by atoms with E-state index in [9.17, 15) is 0 Å². The van der Waals surface area contributed by atoms with Crippen molar-refractivity contribution in [3.63, 3.8) is 0 Å². The van der Waals surface area contributed by atoms with Crippen LogP contribution in [0.5, 0.6) is 0 Å². The Hall–Kier alpha value is -3.03. The number of aryl methyl sites for hydroxylation is 4. The predicted molar refractivity (Wildman–Crippen MR) is 138 cm³/mol. The molecule has 0 radical (unpaired) electrons. The summed E-state index contributed by atoms with van der Waals surface area (Å²) in [5.41, 5.74) is 6.22. The van der Waals surface area contributed by atoms with Gasteiger partial charge in [-0.2, -0.15) is 0 Å². The van der Waals surface area contributed by atoms with E-state index in [-0.39, 0.29) is 0 Å². The van der Waals surface area contributed by atoms with E-state index >= 15 is 0 Å². The predicted octanol–water partition coefficient (Wildman–Crippen LogP) is 5.36. The fraction of sp³-hybridized carbons (Fsp3) is 0.250. The molecule has 3 aromatic rings. The van der Waals surface area contributed by atoms with E-state index < -0.39 is 0 Å². The molecule has 0 aliphatic carbocycles. The Labute approximate surface area is 199 Å². The normalized spacial score (nSPS) is 11.2. The van der Waals surface area contributed by atoms with Gasteiger partial charge in [0, 0.05) is 28.6 Å². The molecule has 0 saturated carbocycles. The molecule has 3 N–H and O–H groups in total. The zero-order valence-corrected chi connectivity index (χ0v) is 20.2. The highest BCUT2D eigenvalue weighted by Crippen LogP contribution is 2.14. The quantitative estimate of drug-likeness (QED) is 0.267. The molecule has 0 saturated heterocycles. The fourth-order valence-electron chi connectivity index (χ4n) is 3.03. The number of halogens is 1. The van der Waals surface area contributed by atoms with E-state index in [1.807, 2.05) is 50.2 Å². The van der Waals surface area contributed by atoms with Crippen LogP contribution >= 0.6 is 23.8 Å². The number of anilines is 2. The molecule has 0 aliphatic heterocycles. The van der Waals surface area contributed by atoms with Crippen molar-refractivity contribution in [3.8, 4) is 0 Å². The molecule has 0 aliphatic rings. The van der Waals surface area contributed by atoms with E-state index in [4.69, 9.17) is 23.8 Å². The summed E-state index contributed by atoms with van der Waals surface area (Å²) < 4.78 is 0. The van der Waals surface area contributed by atoms with Crippen molar-refractivity contribution in [2.24, 2.45) is 4.99 Å². The monoisotopic (exact) mass is 466 g/mol. The Balaban J connectivity index is 1.72. The first-order valence-corrected chi connectivity index (χ1v) is 11.1. The van der Waals surface area contributed by atoms with Gasteiger partial charge in [0.15, 0.2) is 5.11 Å². The third-order valence-electron chi connectivity index (χ3n) is 4.79. The second-order valence-electron chi connectivity index (χ2n) is 7.58. The van der Waals surface area contributed by atoms with Gasteiger partial charge < -0.3 is 10.6 Å². The van der Waals surface area contributed by atoms with Crippen LogP contribution in [0.15, 0.2) is 53.5 Å². The highest BCUT2D eigenvalue weighted by molar-refractivity contribution is 7.80. The highest BCUT2D eigenvalue weighted by atomic mass is 35.5. The minimum absolute atomic E-state index is 0.426. The maximum atomic E-state index is 5.97. The first-order valence-electron chi connectivity index (χ1n) is 10.3. The van der Waals surface area contributed by atoms with Gasteiger partial charge >= 0.3 is 0 Å². The first kappa shape index (κ1) is 23.6. The Morgan fingerprint density at radius 2 is 1.59 bits per heavy atom. The number of benzene rings is 2. The van der Waals surface area contributed by atoms with Crippen LogP contribution in [0.4, 0.5) is 11.6 Å². The molecule has 8 heteroatoms. The average Bonchev–Trinajstić information content (AvgIpc) is 2.71. The lowest BCUT2D eigenvalue weighted by molar-refractivity contribution is 0.956. The lowest BCUT2D eigenvalue weighted by Crippen LogP contribution is -2.39. The van der Waals surface area contributed by atoms with E-state index in [0.717, 1.165) is 34.1 Å². The van der Waals surface area contributed by atoms with Crippen LogP contribution in [0.25, 0.3) is 0 Å². The molecule has 0 fully saturated rings. The molecule has 0 spiro atoms. The molecule has 32 heavy (non-hydrogen) atoms. The maximum absolute atomic E-state index is 5.97. The van der Waals surface area contributed by atoms with Crippen LogP contribution in [0.2, 0.25) is 5.02 Å². The fourth-order valence-corrected chi connectivity index (χ4v) is 3.38. The van der Waals surface area contributed by atoms with Gasteiger partial charge in [0.1, 0.15) is 0 Å². The summed E-state index contributed by atoms with van der Waals surface area (Å²) in [5, 5.41) is 10.7. The minimum atomic E-state index is 0.426. The second kappa shape index (κ2) is 11.0. The molecule has 1 heterocycles. The smallest absolute Gasteiger partial charge is 0.229 e. The number of hydrogen-bond donors (Lipinski definition) is 3. The summed E-state index contributed by atoms with van der Waals surface area (Å²) in [6, 6.07) is 15.8. The van der Waals surface area contributed by atoms with Crippen molar-refractivity contribution in [1.82, 2.24) is 15.3 Å². The average molecular weight is 467 g/mol. The number of nitrogens with one attached hydrogen (secondary N) is 3. The van der Waals surface area contributed by atoms with Crippen molar-refractivity contribution in [3.05, 3.63) is 81.6 Å². The van der Waals surface area contributed by atoms with Gasteiger partial charge in [-0.15, -0.1) is 0 Å². The van der Waals surface area contributed by atoms with Gasteiger partial charge in [-0.1, -0.05) is 29.8 Å². The Bertz CT molecular complexity index is 1110. The lowest BCUT2D eigenvalue weighted by atomic mass is 10.1. The number of hydrogen-bond acceptors (Lipinski definition) is 4. The van der Waals surface area contributed by atoms with E-state index in [0.29, 0.717) is 23.6 Å². The van der Waals surface area contributed by atoms with Crippen molar-refractivity contribution in [1.29, 1.82) is 0 Å². The summed E-state index contributed by atoms with van der Waals surface area (Å²) >= 11 is 11.5. The summed E-state index contributed by atoms with van der Waals surface area (Å²) in [7, 11) is 0. The van der Waals surface area contributed by atoms with Gasteiger partial charge in [0.25, 0.3) is 0 Å². The van der Waals surface area contributed by atoms with E-state index in [1.54, 1.807) is 0 Å². The largest absolute Gasteiger partial charge is 0.332 e. The molecule has 6 nitrogen and oxygen atoms in total. The van der Waals surface area contributed by atoms with Crippen molar-refractivity contribution in [2.75, 3.05) is 17.2 Å². The summed E-state index contributed by atoms with van der Waals surface area (Å²) in [6.07, 6.45) is 0.759. The Morgan fingerprint density at radius 3 is 2.25 bits per heavy atom. The molecule has 3 rings (SSSR count). The van der Waals surface area contributed by atoms with Gasteiger partial charge in [-0.3, -0.25) is 10.3 Å². The Kier molecular flexibility index (Phi) is 8.14. The maximum Gasteiger partial charge on any atom is 0.229 e. The molecular weight excluding hydrogens is 440 g/mol. The molecule has 1 aromatic heterocycles. The molecule has 0 unspecified atom stereocenters. The van der Waals surface area contributed by atoms with Crippen LogP contribution < -0.4 is 16.0 Å².